The normalized spacial score (nSPS) is 13.0. The van der Waals surface area contributed by atoms with Crippen LogP contribution in [0.4, 0.5) is 4.39 Å². The molecular weight excluding hydrogens is 407 g/mol. The molecule has 0 spiro atoms. The van der Waals surface area contributed by atoms with Gasteiger partial charge < -0.3 is 9.84 Å². The van der Waals surface area contributed by atoms with Gasteiger partial charge in [-0.2, -0.15) is 0 Å². The second-order valence-corrected chi connectivity index (χ2v) is 8.13. The summed E-state index contributed by atoms with van der Waals surface area (Å²) in [5.74, 6) is -0.263. The molecule has 0 saturated carbocycles. The van der Waals surface area contributed by atoms with Crippen molar-refractivity contribution in [3.05, 3.63) is 88.7 Å². The summed E-state index contributed by atoms with van der Waals surface area (Å²) in [4.78, 5) is 22.8. The molecule has 5 heteroatoms. The van der Waals surface area contributed by atoms with Crippen molar-refractivity contribution >= 4 is 11.8 Å². The molecule has 32 heavy (non-hydrogen) atoms. The lowest BCUT2D eigenvalue weighted by molar-refractivity contribution is -0.137. The van der Waals surface area contributed by atoms with Crippen LogP contribution in [0.1, 0.15) is 52.7 Å². The molecule has 0 unspecified atom stereocenters. The zero-order chi connectivity index (χ0) is 22.5. The number of benzene rings is 3. The number of ether oxygens (including phenoxy) is 1. The summed E-state index contributed by atoms with van der Waals surface area (Å²) in [6, 6.07) is 18.1. The number of hydrogen-bond donors (Lipinski definition) is 1. The summed E-state index contributed by atoms with van der Waals surface area (Å²) >= 11 is 0. The largest absolute Gasteiger partial charge is 0.489 e. The number of halogens is 1. The van der Waals surface area contributed by atoms with Crippen molar-refractivity contribution in [2.45, 2.75) is 45.1 Å². The minimum absolute atomic E-state index is 0.150. The highest BCUT2D eigenvalue weighted by Crippen LogP contribution is 2.30. The van der Waals surface area contributed by atoms with Crippen molar-refractivity contribution in [1.29, 1.82) is 0 Å². The van der Waals surface area contributed by atoms with Gasteiger partial charge in [-0.1, -0.05) is 36.4 Å². The maximum atomic E-state index is 14.0. The molecule has 1 aliphatic carbocycles. The fraction of sp³-hybridized carbons (Fsp3) is 0.259. The van der Waals surface area contributed by atoms with E-state index in [4.69, 9.17) is 9.84 Å². The standard InChI is InChI=1S/C27H25FO4/c28-22-10-14-24(20-9-13-25-19(15-20)4-2-5-26(25)29)21(16-22)17-32-23-11-7-18(8-12-23)3-1-6-27(30)31/h7-16H,1-6,17H2,(H,30,31). The first-order chi connectivity index (χ1) is 15.5. The molecule has 0 heterocycles. The van der Waals surface area contributed by atoms with E-state index in [1.165, 1.54) is 12.1 Å². The number of carbonyl (C=O) groups excluding carboxylic acids is 1. The van der Waals surface area contributed by atoms with E-state index in [-0.39, 0.29) is 24.6 Å². The number of fused-ring (bicyclic) bond motifs is 1. The molecule has 0 atom stereocenters. The molecule has 1 N–H and O–H groups in total. The van der Waals surface area contributed by atoms with Gasteiger partial charge in [-0.25, -0.2) is 4.39 Å². The first-order valence-corrected chi connectivity index (χ1v) is 10.9. The number of aryl methyl sites for hydroxylation is 2. The number of carbonyl (C=O) groups is 2. The Morgan fingerprint density at radius 1 is 0.969 bits per heavy atom. The van der Waals surface area contributed by atoms with Crippen molar-refractivity contribution in [1.82, 2.24) is 0 Å². The zero-order valence-electron chi connectivity index (χ0n) is 17.8. The van der Waals surface area contributed by atoms with E-state index >= 15 is 0 Å². The van der Waals surface area contributed by atoms with Crippen molar-refractivity contribution < 1.29 is 23.8 Å². The number of rotatable bonds is 8. The zero-order valence-corrected chi connectivity index (χ0v) is 17.8. The lowest BCUT2D eigenvalue weighted by Crippen LogP contribution is -2.10. The minimum atomic E-state index is -0.790. The first-order valence-electron chi connectivity index (χ1n) is 10.9. The smallest absolute Gasteiger partial charge is 0.303 e. The van der Waals surface area contributed by atoms with Crippen LogP contribution in [-0.4, -0.2) is 16.9 Å². The van der Waals surface area contributed by atoms with Crippen LogP contribution in [0.2, 0.25) is 0 Å². The third kappa shape index (κ3) is 5.22. The molecule has 0 aliphatic heterocycles. The van der Waals surface area contributed by atoms with Crippen LogP contribution >= 0.6 is 0 Å². The lowest BCUT2D eigenvalue weighted by atomic mass is 9.87. The second-order valence-electron chi connectivity index (χ2n) is 8.13. The molecule has 4 nitrogen and oxygen atoms in total. The number of hydrogen-bond acceptors (Lipinski definition) is 3. The molecule has 1 aliphatic rings. The number of aliphatic carboxylic acids is 1. The first kappa shape index (κ1) is 21.8. The lowest BCUT2D eigenvalue weighted by Gasteiger charge is -2.17. The summed E-state index contributed by atoms with van der Waals surface area (Å²) in [5, 5.41) is 8.75. The van der Waals surface area contributed by atoms with E-state index in [1.807, 2.05) is 42.5 Å². The summed E-state index contributed by atoms with van der Waals surface area (Å²) in [6.45, 7) is 0.210. The summed E-state index contributed by atoms with van der Waals surface area (Å²) in [5.41, 5.74) is 5.46. The monoisotopic (exact) mass is 432 g/mol. The highest BCUT2D eigenvalue weighted by Gasteiger charge is 2.18. The molecule has 0 fully saturated rings. The van der Waals surface area contributed by atoms with Crippen molar-refractivity contribution in [3.8, 4) is 16.9 Å². The Hall–Kier alpha value is -3.47. The number of carboxylic acids is 1. The molecule has 0 bridgehead atoms. The van der Waals surface area contributed by atoms with Crippen LogP contribution in [0.3, 0.4) is 0 Å². The average molecular weight is 432 g/mol. The van der Waals surface area contributed by atoms with Gasteiger partial charge in [0.2, 0.25) is 0 Å². The molecular formula is C27H25FO4. The fourth-order valence-electron chi connectivity index (χ4n) is 4.13. The van der Waals surface area contributed by atoms with Gasteiger partial charge >= 0.3 is 5.97 Å². The number of Topliss-reactive ketones (excluding diaryl/α,β-unsaturated/α-hetero) is 1. The Kier molecular flexibility index (Phi) is 6.64. The highest BCUT2D eigenvalue weighted by molar-refractivity contribution is 5.99. The van der Waals surface area contributed by atoms with Gasteiger partial charge in [0.1, 0.15) is 18.2 Å². The van der Waals surface area contributed by atoms with Gasteiger partial charge in [0.25, 0.3) is 0 Å². The van der Waals surface area contributed by atoms with Crippen molar-refractivity contribution in [3.63, 3.8) is 0 Å². The van der Waals surface area contributed by atoms with Gasteiger partial charge in [-0.3, -0.25) is 9.59 Å². The van der Waals surface area contributed by atoms with Crippen LogP contribution < -0.4 is 4.74 Å². The maximum absolute atomic E-state index is 14.0. The summed E-state index contributed by atoms with van der Waals surface area (Å²) in [6.07, 6.45) is 3.77. The Bertz CT molecular complexity index is 1130. The highest BCUT2D eigenvalue weighted by atomic mass is 19.1. The van der Waals surface area contributed by atoms with Crippen LogP contribution in [0, 0.1) is 5.82 Å². The van der Waals surface area contributed by atoms with Crippen LogP contribution in [0.15, 0.2) is 60.7 Å². The van der Waals surface area contributed by atoms with Crippen LogP contribution in [-0.2, 0) is 24.2 Å². The van der Waals surface area contributed by atoms with E-state index < -0.39 is 5.97 Å². The summed E-state index contributed by atoms with van der Waals surface area (Å²) < 4.78 is 19.9. The molecule has 164 valence electrons. The van der Waals surface area contributed by atoms with Gasteiger partial charge in [0.05, 0.1) is 0 Å². The number of carboxylic acid groups (broad SMARTS) is 1. The van der Waals surface area contributed by atoms with Crippen LogP contribution in [0.5, 0.6) is 5.75 Å². The molecule has 0 aromatic heterocycles. The Labute approximate surface area is 186 Å². The molecule has 0 amide bonds. The second kappa shape index (κ2) is 9.77. The maximum Gasteiger partial charge on any atom is 0.303 e. The molecule has 4 rings (SSSR count). The Morgan fingerprint density at radius 3 is 2.53 bits per heavy atom. The quantitative estimate of drug-likeness (QED) is 0.474. The predicted molar refractivity (Wildman–Crippen MR) is 120 cm³/mol. The fourth-order valence-corrected chi connectivity index (χ4v) is 4.13. The van der Waals surface area contributed by atoms with E-state index in [2.05, 4.69) is 0 Å². The number of ketones is 1. The third-order valence-electron chi connectivity index (χ3n) is 5.81. The van der Waals surface area contributed by atoms with Gasteiger partial charge in [-0.15, -0.1) is 0 Å². The Balaban J connectivity index is 1.48. The SMILES string of the molecule is O=C(O)CCCc1ccc(OCc2cc(F)ccc2-c2ccc3c(c2)CCCC3=O)cc1. The van der Waals surface area contributed by atoms with Gasteiger partial charge in [0.15, 0.2) is 5.78 Å². The molecule has 3 aromatic carbocycles. The molecule has 0 saturated heterocycles. The molecule has 0 radical (unpaired) electrons. The third-order valence-corrected chi connectivity index (χ3v) is 5.81. The molecule has 3 aromatic rings. The Morgan fingerprint density at radius 2 is 1.75 bits per heavy atom. The van der Waals surface area contributed by atoms with Crippen molar-refractivity contribution in [2.75, 3.05) is 0 Å². The van der Waals surface area contributed by atoms with E-state index in [9.17, 15) is 14.0 Å². The minimum Gasteiger partial charge on any atom is -0.489 e. The van der Waals surface area contributed by atoms with Crippen LogP contribution in [0.25, 0.3) is 11.1 Å². The van der Waals surface area contributed by atoms with E-state index in [1.54, 1.807) is 6.07 Å². The van der Waals surface area contributed by atoms with E-state index in [0.717, 1.165) is 46.2 Å². The van der Waals surface area contributed by atoms with Gasteiger partial charge in [0, 0.05) is 18.4 Å². The predicted octanol–water partition coefficient (Wildman–Crippen LogP) is 6.00. The average Bonchev–Trinajstić information content (AvgIpc) is 2.78. The topological polar surface area (TPSA) is 63.6 Å². The van der Waals surface area contributed by atoms with E-state index in [0.29, 0.717) is 25.0 Å². The van der Waals surface area contributed by atoms with Gasteiger partial charge in [-0.05, 0) is 77.8 Å². The summed E-state index contributed by atoms with van der Waals surface area (Å²) in [7, 11) is 0. The van der Waals surface area contributed by atoms with Crippen molar-refractivity contribution in [2.24, 2.45) is 0 Å².